The number of hydrogen-bond donors (Lipinski definition) is 1. The van der Waals surface area contributed by atoms with Gasteiger partial charge in [-0.3, -0.25) is 4.79 Å². The molecule has 1 aromatic carbocycles. The Labute approximate surface area is 182 Å². The zero-order valence-electron chi connectivity index (χ0n) is 18.8. The minimum absolute atomic E-state index is 0.0321. The topological polar surface area (TPSA) is 109 Å². The van der Waals surface area contributed by atoms with Gasteiger partial charge in [0, 0.05) is 18.2 Å². The molecule has 0 saturated carbocycles. The van der Waals surface area contributed by atoms with Gasteiger partial charge < -0.3 is 29.6 Å². The third kappa shape index (κ3) is 4.17. The van der Waals surface area contributed by atoms with Crippen molar-refractivity contribution < 1.29 is 23.7 Å². The van der Waals surface area contributed by atoms with Crippen molar-refractivity contribution in [1.82, 2.24) is 9.97 Å². The fraction of sp³-hybridized carbons (Fsp3) is 0.500. The van der Waals surface area contributed by atoms with Crippen molar-refractivity contribution in [2.75, 3.05) is 45.6 Å². The van der Waals surface area contributed by atoms with Crippen LogP contribution in [0.4, 0.5) is 11.6 Å². The number of benzene rings is 1. The standard InChI is InChI=1S/C22H30N4O5/c1-12-13(2)26(8-7-15(12)22(27)31-6)21-20(23)24-11-16(25-21)14-9-17(28-3)19(30-5)18(10-14)29-4/h9-13,15H,7-8H2,1-6H3,(H2,23,24)/t12-,13+,15+/m1/s1. The maximum absolute atomic E-state index is 12.1. The number of aromatic nitrogens is 2. The molecule has 2 heterocycles. The van der Waals surface area contributed by atoms with Crippen LogP contribution in [-0.4, -0.2) is 57.0 Å². The molecule has 2 N–H and O–H groups in total. The van der Waals surface area contributed by atoms with Crippen LogP contribution in [0.15, 0.2) is 18.3 Å². The second kappa shape index (κ2) is 9.28. The number of methoxy groups -OCH3 is 4. The predicted octanol–water partition coefficient (Wildman–Crippen LogP) is 2.78. The van der Waals surface area contributed by atoms with Crippen molar-refractivity contribution >= 4 is 17.6 Å². The lowest BCUT2D eigenvalue weighted by Crippen LogP contribution is -2.49. The Kier molecular flexibility index (Phi) is 6.72. The average molecular weight is 431 g/mol. The summed E-state index contributed by atoms with van der Waals surface area (Å²) in [5.41, 5.74) is 7.59. The molecule has 168 valence electrons. The van der Waals surface area contributed by atoms with E-state index in [9.17, 15) is 4.79 Å². The third-order valence-corrected chi connectivity index (χ3v) is 6.09. The SMILES string of the molecule is COC(=O)[C@H]1CCN(c2nc(-c3cc(OC)c(OC)c(OC)c3)cnc2N)[C@@H](C)[C@H]1C. The normalized spacial score (nSPS) is 20.8. The van der Waals surface area contributed by atoms with E-state index in [4.69, 9.17) is 29.7 Å². The summed E-state index contributed by atoms with van der Waals surface area (Å²) in [5, 5.41) is 0. The summed E-state index contributed by atoms with van der Waals surface area (Å²) < 4.78 is 21.3. The number of ether oxygens (including phenoxy) is 4. The Morgan fingerprint density at radius 1 is 1.10 bits per heavy atom. The first kappa shape index (κ1) is 22.5. The fourth-order valence-corrected chi connectivity index (χ4v) is 4.12. The molecule has 0 spiro atoms. The first-order chi connectivity index (χ1) is 14.9. The number of esters is 1. The van der Waals surface area contributed by atoms with Gasteiger partial charge in [-0.2, -0.15) is 0 Å². The summed E-state index contributed by atoms with van der Waals surface area (Å²) in [4.78, 5) is 23.4. The molecule has 1 aliphatic heterocycles. The van der Waals surface area contributed by atoms with Gasteiger partial charge in [-0.25, -0.2) is 9.97 Å². The Morgan fingerprint density at radius 2 is 1.74 bits per heavy atom. The third-order valence-electron chi connectivity index (χ3n) is 6.09. The van der Waals surface area contributed by atoms with Crippen LogP contribution in [-0.2, 0) is 9.53 Å². The van der Waals surface area contributed by atoms with Crippen LogP contribution in [0.5, 0.6) is 17.2 Å². The van der Waals surface area contributed by atoms with Crippen molar-refractivity contribution in [2.24, 2.45) is 11.8 Å². The molecular weight excluding hydrogens is 400 g/mol. The van der Waals surface area contributed by atoms with E-state index in [1.807, 2.05) is 19.1 Å². The number of nitrogens with two attached hydrogens (primary N) is 1. The number of hydrogen-bond acceptors (Lipinski definition) is 9. The summed E-state index contributed by atoms with van der Waals surface area (Å²) >= 11 is 0. The van der Waals surface area contributed by atoms with Crippen molar-refractivity contribution in [1.29, 1.82) is 0 Å². The highest BCUT2D eigenvalue weighted by Crippen LogP contribution is 2.41. The van der Waals surface area contributed by atoms with E-state index in [-0.39, 0.29) is 23.8 Å². The number of nitrogens with zero attached hydrogens (tertiary/aromatic N) is 3. The zero-order chi connectivity index (χ0) is 22.7. The molecule has 3 rings (SSSR count). The molecule has 1 fully saturated rings. The molecule has 3 atom stereocenters. The number of carbonyl (C=O) groups is 1. The smallest absolute Gasteiger partial charge is 0.309 e. The van der Waals surface area contributed by atoms with E-state index in [1.165, 1.54) is 7.11 Å². The Bertz CT molecular complexity index is 926. The number of carbonyl (C=O) groups excluding carboxylic acids is 1. The molecule has 0 bridgehead atoms. The van der Waals surface area contributed by atoms with Gasteiger partial charge >= 0.3 is 5.97 Å². The highest BCUT2D eigenvalue weighted by atomic mass is 16.5. The average Bonchev–Trinajstić information content (AvgIpc) is 2.79. The molecule has 1 saturated heterocycles. The maximum Gasteiger partial charge on any atom is 0.309 e. The molecule has 0 aliphatic carbocycles. The lowest BCUT2D eigenvalue weighted by molar-refractivity contribution is -0.148. The molecule has 0 unspecified atom stereocenters. The van der Waals surface area contributed by atoms with E-state index >= 15 is 0 Å². The lowest BCUT2D eigenvalue weighted by Gasteiger charge is -2.42. The van der Waals surface area contributed by atoms with Crippen LogP contribution in [0.3, 0.4) is 0 Å². The second-order valence-electron chi connectivity index (χ2n) is 7.59. The lowest BCUT2D eigenvalue weighted by atomic mass is 9.81. The van der Waals surface area contributed by atoms with Crippen LogP contribution in [0.25, 0.3) is 11.3 Å². The van der Waals surface area contributed by atoms with Crippen LogP contribution >= 0.6 is 0 Å². The maximum atomic E-state index is 12.1. The first-order valence-electron chi connectivity index (χ1n) is 10.1. The number of nitrogen functional groups attached to an aromatic ring is 1. The fourth-order valence-electron chi connectivity index (χ4n) is 4.12. The van der Waals surface area contributed by atoms with Gasteiger partial charge in [0.1, 0.15) is 0 Å². The van der Waals surface area contributed by atoms with Crippen LogP contribution in [0.2, 0.25) is 0 Å². The molecule has 9 nitrogen and oxygen atoms in total. The molecule has 9 heteroatoms. The number of piperidine rings is 1. The van der Waals surface area contributed by atoms with Crippen LogP contribution in [0, 0.1) is 11.8 Å². The zero-order valence-corrected chi connectivity index (χ0v) is 18.8. The van der Waals surface area contributed by atoms with Crippen molar-refractivity contribution in [3.05, 3.63) is 18.3 Å². The first-order valence-corrected chi connectivity index (χ1v) is 10.1. The largest absolute Gasteiger partial charge is 0.493 e. The van der Waals surface area contributed by atoms with E-state index < -0.39 is 0 Å². The van der Waals surface area contributed by atoms with Crippen molar-refractivity contribution in [3.63, 3.8) is 0 Å². The summed E-state index contributed by atoms with van der Waals surface area (Å²) in [5.74, 6) is 2.24. The van der Waals surface area contributed by atoms with Gasteiger partial charge in [0.2, 0.25) is 5.75 Å². The van der Waals surface area contributed by atoms with Gasteiger partial charge in [0.15, 0.2) is 23.1 Å². The van der Waals surface area contributed by atoms with E-state index in [1.54, 1.807) is 27.5 Å². The Balaban J connectivity index is 1.99. The molecule has 1 aromatic heterocycles. The Morgan fingerprint density at radius 3 is 2.29 bits per heavy atom. The minimum atomic E-state index is -0.177. The van der Waals surface area contributed by atoms with Gasteiger partial charge in [-0.1, -0.05) is 6.92 Å². The van der Waals surface area contributed by atoms with Gasteiger partial charge in [-0.05, 0) is 31.4 Å². The summed E-state index contributed by atoms with van der Waals surface area (Å²) in [6, 6.07) is 3.67. The minimum Gasteiger partial charge on any atom is -0.493 e. The highest BCUT2D eigenvalue weighted by Gasteiger charge is 2.38. The van der Waals surface area contributed by atoms with Gasteiger partial charge in [0.25, 0.3) is 0 Å². The molecule has 0 amide bonds. The molecular formula is C22H30N4O5. The van der Waals surface area contributed by atoms with Crippen molar-refractivity contribution in [3.8, 4) is 28.5 Å². The molecule has 1 aliphatic rings. The van der Waals surface area contributed by atoms with Gasteiger partial charge in [0.05, 0.1) is 46.2 Å². The second-order valence-corrected chi connectivity index (χ2v) is 7.59. The molecule has 2 aromatic rings. The quantitative estimate of drug-likeness (QED) is 0.692. The van der Waals surface area contributed by atoms with Crippen LogP contribution in [0.1, 0.15) is 20.3 Å². The Hall–Kier alpha value is -3.23. The molecule has 31 heavy (non-hydrogen) atoms. The van der Waals surface area contributed by atoms with E-state index in [0.29, 0.717) is 47.5 Å². The molecule has 0 radical (unpaired) electrons. The number of rotatable bonds is 6. The monoisotopic (exact) mass is 430 g/mol. The summed E-state index contributed by atoms with van der Waals surface area (Å²) in [6.45, 7) is 4.74. The summed E-state index contributed by atoms with van der Waals surface area (Å²) in [6.07, 6.45) is 2.28. The highest BCUT2D eigenvalue weighted by molar-refractivity contribution is 5.74. The van der Waals surface area contributed by atoms with Crippen LogP contribution < -0.4 is 24.8 Å². The van der Waals surface area contributed by atoms with Crippen molar-refractivity contribution in [2.45, 2.75) is 26.3 Å². The number of anilines is 2. The summed E-state index contributed by atoms with van der Waals surface area (Å²) in [7, 11) is 6.11. The van der Waals surface area contributed by atoms with Gasteiger partial charge in [-0.15, -0.1) is 0 Å². The predicted molar refractivity (Wildman–Crippen MR) is 118 cm³/mol. The van der Waals surface area contributed by atoms with E-state index in [2.05, 4.69) is 16.8 Å². The van der Waals surface area contributed by atoms with E-state index in [0.717, 1.165) is 5.56 Å².